The van der Waals surface area contributed by atoms with E-state index in [0.717, 1.165) is 30.8 Å². The van der Waals surface area contributed by atoms with Gasteiger partial charge in [0, 0.05) is 41.5 Å². The smallest absolute Gasteiger partial charge is 0.335 e. The van der Waals surface area contributed by atoms with E-state index in [1.54, 1.807) is 19.2 Å². The molecule has 1 saturated heterocycles. The van der Waals surface area contributed by atoms with Crippen LogP contribution in [-0.4, -0.2) is 51.9 Å². The number of nitrogens with zero attached hydrogens (tertiary/aromatic N) is 2. The summed E-state index contributed by atoms with van der Waals surface area (Å²) in [5, 5.41) is 23.0. The van der Waals surface area contributed by atoms with Crippen LogP contribution in [0.25, 0.3) is 10.9 Å². The first-order chi connectivity index (χ1) is 17.9. The Morgan fingerprint density at radius 1 is 1.05 bits per heavy atom. The van der Waals surface area contributed by atoms with E-state index in [1.165, 1.54) is 11.6 Å². The van der Waals surface area contributed by atoms with E-state index in [0.29, 0.717) is 34.6 Å². The molecule has 1 fully saturated rings. The van der Waals surface area contributed by atoms with Crippen LogP contribution in [0.2, 0.25) is 5.02 Å². The van der Waals surface area contributed by atoms with Crippen molar-refractivity contribution in [3.05, 3.63) is 106 Å². The average molecular weight is 517 g/mol. The minimum Gasteiger partial charge on any atom is -0.481 e. The highest BCUT2D eigenvalue weighted by Gasteiger charge is 2.43. The number of hydrogen-bond acceptors (Lipinski definition) is 5. The lowest BCUT2D eigenvalue weighted by atomic mass is 9.72. The standard InChI is InChI=1S/C30H29ClN2O4/c1-37-28-25(18-23-17-22(29(34)35)9-12-26(23)32-28)27(21-7-10-24(31)11-8-21)30(36)13-15-33(16-14-30)19-20-5-3-2-4-6-20/h2-12,17-18,27,36H,13-16,19H2,1H3,(H,34,35). The van der Waals surface area contributed by atoms with Crippen LogP contribution < -0.4 is 4.74 Å². The number of ether oxygens (including phenoxy) is 1. The maximum absolute atomic E-state index is 12.2. The van der Waals surface area contributed by atoms with Crippen molar-refractivity contribution in [3.8, 4) is 5.88 Å². The SMILES string of the molecule is COc1nc2ccc(C(=O)O)cc2cc1C(c1ccc(Cl)cc1)C1(O)CCN(Cc2ccccc2)CC1. The number of carboxylic acid groups (broad SMARTS) is 1. The molecule has 0 radical (unpaired) electrons. The molecule has 6 nitrogen and oxygen atoms in total. The number of halogens is 1. The molecule has 1 aromatic heterocycles. The predicted molar refractivity (Wildman–Crippen MR) is 144 cm³/mol. The number of carbonyl (C=O) groups is 1. The molecule has 5 rings (SSSR count). The molecule has 0 amide bonds. The Morgan fingerprint density at radius 2 is 1.76 bits per heavy atom. The zero-order valence-electron chi connectivity index (χ0n) is 20.6. The largest absolute Gasteiger partial charge is 0.481 e. The molecular formula is C30H29ClN2O4. The second-order valence-electron chi connectivity index (χ2n) is 9.65. The number of fused-ring (bicyclic) bond motifs is 1. The molecule has 190 valence electrons. The van der Waals surface area contributed by atoms with E-state index in [1.807, 2.05) is 48.5 Å². The molecule has 1 atom stereocenters. The van der Waals surface area contributed by atoms with Gasteiger partial charge in [-0.3, -0.25) is 4.90 Å². The Kier molecular flexibility index (Phi) is 7.15. The molecule has 1 aliphatic rings. The van der Waals surface area contributed by atoms with Gasteiger partial charge < -0.3 is 14.9 Å². The van der Waals surface area contributed by atoms with E-state index >= 15 is 0 Å². The number of aliphatic hydroxyl groups is 1. The monoisotopic (exact) mass is 516 g/mol. The lowest BCUT2D eigenvalue weighted by Gasteiger charge is -2.43. The van der Waals surface area contributed by atoms with Gasteiger partial charge in [-0.05, 0) is 60.4 Å². The third kappa shape index (κ3) is 5.32. The van der Waals surface area contributed by atoms with Crippen LogP contribution >= 0.6 is 11.6 Å². The molecule has 4 aromatic rings. The summed E-state index contributed by atoms with van der Waals surface area (Å²) in [5.41, 5.74) is 2.62. The number of hydrogen-bond donors (Lipinski definition) is 2. The first-order valence-corrected chi connectivity index (χ1v) is 12.7. The van der Waals surface area contributed by atoms with Crippen LogP contribution in [0.15, 0.2) is 78.9 Å². The zero-order valence-corrected chi connectivity index (χ0v) is 21.4. The Balaban J connectivity index is 1.55. The molecule has 0 aliphatic carbocycles. The summed E-state index contributed by atoms with van der Waals surface area (Å²) >= 11 is 6.20. The Bertz CT molecular complexity index is 1400. The van der Waals surface area contributed by atoms with Gasteiger partial charge in [0.15, 0.2) is 0 Å². The maximum Gasteiger partial charge on any atom is 0.335 e. The Morgan fingerprint density at radius 3 is 2.41 bits per heavy atom. The van der Waals surface area contributed by atoms with E-state index in [-0.39, 0.29) is 5.56 Å². The van der Waals surface area contributed by atoms with Crippen LogP contribution in [0.3, 0.4) is 0 Å². The summed E-state index contributed by atoms with van der Waals surface area (Å²) in [7, 11) is 1.56. The summed E-state index contributed by atoms with van der Waals surface area (Å²) < 4.78 is 5.72. The normalized spacial score (nSPS) is 16.4. The highest BCUT2D eigenvalue weighted by atomic mass is 35.5. The highest BCUT2D eigenvalue weighted by molar-refractivity contribution is 6.30. The summed E-state index contributed by atoms with van der Waals surface area (Å²) in [6.07, 6.45) is 1.12. The van der Waals surface area contributed by atoms with Crippen molar-refractivity contribution < 1.29 is 19.7 Å². The van der Waals surface area contributed by atoms with Gasteiger partial charge in [0.2, 0.25) is 5.88 Å². The zero-order chi connectivity index (χ0) is 26.0. The number of likely N-dealkylation sites (tertiary alicyclic amines) is 1. The molecule has 37 heavy (non-hydrogen) atoms. The fraction of sp³-hybridized carbons (Fsp3) is 0.267. The summed E-state index contributed by atoms with van der Waals surface area (Å²) in [6.45, 7) is 2.31. The summed E-state index contributed by atoms with van der Waals surface area (Å²) in [5.74, 6) is -1.03. The summed E-state index contributed by atoms with van der Waals surface area (Å²) in [4.78, 5) is 18.6. The van der Waals surface area contributed by atoms with Gasteiger partial charge in [-0.15, -0.1) is 0 Å². The van der Waals surface area contributed by atoms with Crippen molar-refractivity contribution in [3.63, 3.8) is 0 Å². The second kappa shape index (κ2) is 10.5. The molecule has 1 unspecified atom stereocenters. The van der Waals surface area contributed by atoms with E-state index < -0.39 is 17.5 Å². The summed E-state index contributed by atoms with van der Waals surface area (Å²) in [6, 6.07) is 24.6. The molecule has 1 aliphatic heterocycles. The molecule has 0 saturated carbocycles. The van der Waals surface area contributed by atoms with Crippen LogP contribution in [0, 0.1) is 0 Å². The third-order valence-corrected chi connectivity index (χ3v) is 7.52. The topological polar surface area (TPSA) is 82.9 Å². The quantitative estimate of drug-likeness (QED) is 0.325. The molecule has 3 aromatic carbocycles. The van der Waals surface area contributed by atoms with E-state index in [4.69, 9.17) is 21.3 Å². The van der Waals surface area contributed by atoms with Gasteiger partial charge >= 0.3 is 5.97 Å². The van der Waals surface area contributed by atoms with Crippen LogP contribution in [0.5, 0.6) is 5.88 Å². The number of pyridine rings is 1. The fourth-order valence-electron chi connectivity index (χ4n) is 5.34. The number of piperidine rings is 1. The van der Waals surface area contributed by atoms with Gasteiger partial charge in [-0.2, -0.15) is 0 Å². The van der Waals surface area contributed by atoms with Gasteiger partial charge in [-0.25, -0.2) is 9.78 Å². The molecule has 0 bridgehead atoms. The molecule has 0 spiro atoms. The van der Waals surface area contributed by atoms with E-state index in [2.05, 4.69) is 17.0 Å². The van der Waals surface area contributed by atoms with Gasteiger partial charge in [-0.1, -0.05) is 54.1 Å². The molecule has 2 heterocycles. The number of rotatable bonds is 7. The molecular weight excluding hydrogens is 488 g/mol. The average Bonchev–Trinajstić information content (AvgIpc) is 2.91. The minimum atomic E-state index is -1.06. The minimum absolute atomic E-state index is 0.182. The van der Waals surface area contributed by atoms with Crippen LogP contribution in [-0.2, 0) is 6.54 Å². The van der Waals surface area contributed by atoms with Crippen molar-refractivity contribution in [2.75, 3.05) is 20.2 Å². The van der Waals surface area contributed by atoms with Gasteiger partial charge in [0.05, 0.1) is 23.8 Å². The number of aromatic nitrogens is 1. The van der Waals surface area contributed by atoms with Crippen molar-refractivity contribution in [1.82, 2.24) is 9.88 Å². The number of aromatic carboxylic acids is 1. The number of carboxylic acids is 1. The van der Waals surface area contributed by atoms with Crippen molar-refractivity contribution >= 4 is 28.5 Å². The van der Waals surface area contributed by atoms with Crippen molar-refractivity contribution in [2.24, 2.45) is 0 Å². The fourth-order valence-corrected chi connectivity index (χ4v) is 5.47. The lowest BCUT2D eigenvalue weighted by molar-refractivity contribution is -0.0360. The number of benzene rings is 3. The predicted octanol–water partition coefficient (Wildman–Crippen LogP) is 5.75. The van der Waals surface area contributed by atoms with Gasteiger partial charge in [0.1, 0.15) is 0 Å². The van der Waals surface area contributed by atoms with Gasteiger partial charge in [0.25, 0.3) is 0 Å². The van der Waals surface area contributed by atoms with E-state index in [9.17, 15) is 15.0 Å². The first-order valence-electron chi connectivity index (χ1n) is 12.3. The lowest BCUT2D eigenvalue weighted by Crippen LogP contribution is -2.48. The second-order valence-corrected chi connectivity index (χ2v) is 10.1. The first kappa shape index (κ1) is 25.2. The number of methoxy groups -OCH3 is 1. The van der Waals surface area contributed by atoms with Crippen LogP contribution in [0.4, 0.5) is 0 Å². The highest BCUT2D eigenvalue weighted by Crippen LogP contribution is 2.45. The third-order valence-electron chi connectivity index (χ3n) is 7.27. The Labute approximate surface area is 221 Å². The Hall–Kier alpha value is -3.45. The molecule has 7 heteroatoms. The maximum atomic E-state index is 12.2. The van der Waals surface area contributed by atoms with Crippen molar-refractivity contribution in [1.29, 1.82) is 0 Å². The van der Waals surface area contributed by atoms with Crippen molar-refractivity contribution in [2.45, 2.75) is 30.9 Å². The molecule has 2 N–H and O–H groups in total. The van der Waals surface area contributed by atoms with Crippen LogP contribution in [0.1, 0.15) is 45.8 Å².